The van der Waals surface area contributed by atoms with Gasteiger partial charge in [0, 0.05) is 27.7 Å². The van der Waals surface area contributed by atoms with Gasteiger partial charge in [0.25, 0.3) is 0 Å². The van der Waals surface area contributed by atoms with Crippen LogP contribution in [0.2, 0.25) is 5.02 Å². The first-order valence-electron chi connectivity index (χ1n) is 7.27. The minimum Gasteiger partial charge on any atom is -0.360 e. The number of rotatable bonds is 2. The van der Waals surface area contributed by atoms with Gasteiger partial charge in [0.2, 0.25) is 0 Å². The van der Waals surface area contributed by atoms with Crippen LogP contribution in [0.15, 0.2) is 42.6 Å². The van der Waals surface area contributed by atoms with E-state index < -0.39 is 0 Å². The van der Waals surface area contributed by atoms with Crippen LogP contribution in [0.5, 0.6) is 0 Å². The van der Waals surface area contributed by atoms with Crippen LogP contribution in [-0.2, 0) is 0 Å². The molecule has 0 saturated heterocycles. The predicted octanol–water partition coefficient (Wildman–Crippen LogP) is 4.08. The van der Waals surface area contributed by atoms with E-state index in [1.165, 1.54) is 11.1 Å². The molecular formula is C17H14ClN5. The minimum absolute atomic E-state index is 0.682. The Bertz CT molecular complexity index is 998. The third-order valence-electron chi connectivity index (χ3n) is 4.17. The fraction of sp³-hybridized carbons (Fsp3) is 0.118. The molecule has 0 atom stereocenters. The van der Waals surface area contributed by atoms with Crippen LogP contribution in [0.25, 0.3) is 28.0 Å². The topological polar surface area (TPSA) is 59.4 Å². The standard InChI is InChI=1S/C17H14ClN5/c1-10-3-8-14-15(9-19-16(14)11(10)2)17-20-21-22-23(17)13-6-4-12(18)5-7-13/h3-9,19H,1-2H3. The highest BCUT2D eigenvalue weighted by Gasteiger charge is 2.16. The molecule has 0 amide bonds. The molecule has 2 heterocycles. The highest BCUT2D eigenvalue weighted by molar-refractivity contribution is 6.30. The van der Waals surface area contributed by atoms with Crippen LogP contribution in [-0.4, -0.2) is 25.2 Å². The van der Waals surface area contributed by atoms with Gasteiger partial charge < -0.3 is 4.98 Å². The summed E-state index contributed by atoms with van der Waals surface area (Å²) in [4.78, 5) is 3.34. The molecule has 0 radical (unpaired) electrons. The second-order valence-electron chi connectivity index (χ2n) is 5.52. The maximum absolute atomic E-state index is 5.96. The van der Waals surface area contributed by atoms with E-state index in [1.807, 2.05) is 30.5 Å². The SMILES string of the molecule is Cc1ccc2c(-c3nnnn3-c3ccc(Cl)cc3)c[nH]c2c1C. The molecule has 4 aromatic rings. The number of nitrogens with zero attached hydrogens (tertiary/aromatic N) is 4. The van der Waals surface area contributed by atoms with Crippen molar-refractivity contribution in [2.45, 2.75) is 13.8 Å². The first-order valence-corrected chi connectivity index (χ1v) is 7.65. The van der Waals surface area contributed by atoms with Crippen molar-refractivity contribution in [1.82, 2.24) is 25.2 Å². The number of benzene rings is 2. The molecule has 5 nitrogen and oxygen atoms in total. The molecule has 4 rings (SSSR count). The van der Waals surface area contributed by atoms with E-state index in [4.69, 9.17) is 11.6 Å². The molecule has 0 aliphatic carbocycles. The lowest BCUT2D eigenvalue weighted by Gasteiger charge is -2.05. The zero-order chi connectivity index (χ0) is 16.0. The van der Waals surface area contributed by atoms with Crippen LogP contribution in [0.1, 0.15) is 11.1 Å². The van der Waals surface area contributed by atoms with E-state index in [0.717, 1.165) is 22.2 Å². The average Bonchev–Trinajstić information content (AvgIpc) is 3.18. The monoisotopic (exact) mass is 323 g/mol. The van der Waals surface area contributed by atoms with Crippen LogP contribution < -0.4 is 0 Å². The molecule has 0 saturated carbocycles. The summed E-state index contributed by atoms with van der Waals surface area (Å²) in [5.74, 6) is 0.696. The zero-order valence-electron chi connectivity index (χ0n) is 12.7. The molecule has 2 aromatic heterocycles. The number of halogens is 1. The number of nitrogens with one attached hydrogen (secondary N) is 1. The fourth-order valence-corrected chi connectivity index (χ4v) is 2.87. The molecule has 0 spiro atoms. The Morgan fingerprint density at radius 1 is 1.04 bits per heavy atom. The zero-order valence-corrected chi connectivity index (χ0v) is 13.5. The first-order chi connectivity index (χ1) is 11.1. The van der Waals surface area contributed by atoms with Gasteiger partial charge in [0.05, 0.1) is 5.69 Å². The maximum atomic E-state index is 5.96. The van der Waals surface area contributed by atoms with E-state index in [-0.39, 0.29) is 0 Å². The maximum Gasteiger partial charge on any atom is 0.189 e. The molecule has 0 aliphatic rings. The fourth-order valence-electron chi connectivity index (χ4n) is 2.74. The van der Waals surface area contributed by atoms with Crippen LogP contribution >= 0.6 is 11.6 Å². The van der Waals surface area contributed by atoms with E-state index in [2.05, 4.69) is 46.5 Å². The third kappa shape index (κ3) is 2.21. The van der Waals surface area contributed by atoms with Crippen molar-refractivity contribution in [3.8, 4) is 17.1 Å². The van der Waals surface area contributed by atoms with E-state index in [9.17, 15) is 0 Å². The largest absolute Gasteiger partial charge is 0.360 e. The molecule has 0 bridgehead atoms. The van der Waals surface area contributed by atoms with Gasteiger partial charge in [0.1, 0.15) is 0 Å². The van der Waals surface area contributed by atoms with Crippen molar-refractivity contribution < 1.29 is 0 Å². The molecule has 0 aliphatic heterocycles. The summed E-state index contributed by atoms with van der Waals surface area (Å²) in [5.41, 5.74) is 5.45. The number of aryl methyl sites for hydroxylation is 2. The summed E-state index contributed by atoms with van der Waals surface area (Å²) < 4.78 is 1.72. The molecule has 2 aromatic carbocycles. The van der Waals surface area contributed by atoms with E-state index >= 15 is 0 Å². The van der Waals surface area contributed by atoms with Crippen molar-refractivity contribution >= 4 is 22.5 Å². The van der Waals surface area contributed by atoms with Crippen molar-refractivity contribution in [1.29, 1.82) is 0 Å². The summed E-state index contributed by atoms with van der Waals surface area (Å²) in [6.07, 6.45) is 1.95. The Balaban J connectivity index is 1.92. The van der Waals surface area contributed by atoms with Crippen LogP contribution in [0.4, 0.5) is 0 Å². The van der Waals surface area contributed by atoms with Crippen molar-refractivity contribution in [3.05, 3.63) is 58.7 Å². The normalized spacial score (nSPS) is 11.3. The highest BCUT2D eigenvalue weighted by Crippen LogP contribution is 2.31. The Morgan fingerprint density at radius 3 is 2.61 bits per heavy atom. The van der Waals surface area contributed by atoms with Gasteiger partial charge in [-0.2, -0.15) is 4.68 Å². The molecule has 23 heavy (non-hydrogen) atoms. The Kier molecular flexibility index (Phi) is 3.16. The summed E-state index contributed by atoms with van der Waals surface area (Å²) in [5, 5.41) is 14.0. The molecule has 6 heteroatoms. The number of fused-ring (bicyclic) bond motifs is 1. The Labute approximate surface area is 137 Å². The molecule has 114 valence electrons. The van der Waals surface area contributed by atoms with Crippen LogP contribution in [0, 0.1) is 13.8 Å². The lowest BCUT2D eigenvalue weighted by atomic mass is 10.0. The van der Waals surface area contributed by atoms with Gasteiger partial charge in [-0.25, -0.2) is 0 Å². The quantitative estimate of drug-likeness (QED) is 0.604. The number of H-pyrrole nitrogens is 1. The van der Waals surface area contributed by atoms with Crippen LogP contribution in [0.3, 0.4) is 0 Å². The second-order valence-corrected chi connectivity index (χ2v) is 5.96. The highest BCUT2D eigenvalue weighted by atomic mass is 35.5. The number of hydrogen-bond acceptors (Lipinski definition) is 3. The Morgan fingerprint density at radius 2 is 1.83 bits per heavy atom. The van der Waals surface area contributed by atoms with Gasteiger partial charge in [-0.15, -0.1) is 5.10 Å². The molecule has 1 N–H and O–H groups in total. The van der Waals surface area contributed by atoms with Crippen molar-refractivity contribution in [3.63, 3.8) is 0 Å². The van der Waals surface area contributed by atoms with Gasteiger partial charge in [-0.1, -0.05) is 23.7 Å². The molecule has 0 unspecified atom stereocenters. The van der Waals surface area contributed by atoms with Crippen molar-refractivity contribution in [2.24, 2.45) is 0 Å². The van der Waals surface area contributed by atoms with Gasteiger partial charge in [-0.3, -0.25) is 0 Å². The number of hydrogen-bond donors (Lipinski definition) is 1. The van der Waals surface area contributed by atoms with Gasteiger partial charge in [-0.05, 0) is 59.7 Å². The second kappa shape index (κ2) is 5.21. The smallest absolute Gasteiger partial charge is 0.189 e. The van der Waals surface area contributed by atoms with E-state index in [1.54, 1.807) is 4.68 Å². The summed E-state index contributed by atoms with van der Waals surface area (Å²) in [6.45, 7) is 4.22. The lowest BCUT2D eigenvalue weighted by Crippen LogP contribution is -1.99. The van der Waals surface area contributed by atoms with Gasteiger partial charge >= 0.3 is 0 Å². The van der Waals surface area contributed by atoms with E-state index in [0.29, 0.717) is 10.8 Å². The average molecular weight is 324 g/mol. The third-order valence-corrected chi connectivity index (χ3v) is 4.42. The summed E-state index contributed by atoms with van der Waals surface area (Å²) in [7, 11) is 0. The predicted molar refractivity (Wildman–Crippen MR) is 90.9 cm³/mol. The number of aromatic amines is 1. The molecular weight excluding hydrogens is 310 g/mol. The molecule has 0 fully saturated rings. The minimum atomic E-state index is 0.682. The summed E-state index contributed by atoms with van der Waals surface area (Å²) in [6, 6.07) is 11.7. The summed E-state index contributed by atoms with van der Waals surface area (Å²) >= 11 is 5.96. The van der Waals surface area contributed by atoms with Gasteiger partial charge in [0.15, 0.2) is 5.82 Å². The number of aromatic nitrogens is 5. The lowest BCUT2D eigenvalue weighted by molar-refractivity contribution is 0.791. The number of tetrazole rings is 1. The van der Waals surface area contributed by atoms with Crippen molar-refractivity contribution in [2.75, 3.05) is 0 Å². The Hall–Kier alpha value is -2.66. The first kappa shape index (κ1) is 14.0.